The highest BCUT2D eigenvalue weighted by molar-refractivity contribution is 5.79. The van der Waals surface area contributed by atoms with Crippen LogP contribution in [0.3, 0.4) is 0 Å². The van der Waals surface area contributed by atoms with Crippen LogP contribution >= 0.6 is 0 Å². The Morgan fingerprint density at radius 2 is 1.62 bits per heavy atom. The van der Waals surface area contributed by atoms with E-state index in [4.69, 9.17) is 4.74 Å². The van der Waals surface area contributed by atoms with Gasteiger partial charge in [-0.15, -0.1) is 0 Å². The van der Waals surface area contributed by atoms with Crippen molar-refractivity contribution in [3.8, 4) is 0 Å². The molecule has 1 fully saturated rings. The molecule has 0 atom stereocenters. The third-order valence-electron chi connectivity index (χ3n) is 5.41. The van der Waals surface area contributed by atoms with E-state index >= 15 is 0 Å². The molecule has 180 valence electrons. The predicted octanol–water partition coefficient (Wildman–Crippen LogP) is 2.40. The van der Waals surface area contributed by atoms with Crippen molar-refractivity contribution in [3.05, 3.63) is 35.4 Å². The molecule has 1 saturated heterocycles. The van der Waals surface area contributed by atoms with Crippen molar-refractivity contribution in [2.24, 2.45) is 4.99 Å². The van der Waals surface area contributed by atoms with E-state index < -0.39 is 5.60 Å². The van der Waals surface area contributed by atoms with Gasteiger partial charge >= 0.3 is 6.09 Å². The highest BCUT2D eigenvalue weighted by atomic mass is 16.6. The van der Waals surface area contributed by atoms with Crippen LogP contribution < -0.4 is 16.0 Å². The lowest BCUT2D eigenvalue weighted by Gasteiger charge is -2.34. The Kier molecular flexibility index (Phi) is 10.8. The Morgan fingerprint density at radius 3 is 2.25 bits per heavy atom. The normalized spacial score (nSPS) is 16.0. The lowest BCUT2D eigenvalue weighted by atomic mass is 10.1. The second kappa shape index (κ2) is 13.3. The second-order valence-corrected chi connectivity index (χ2v) is 9.11. The fourth-order valence-corrected chi connectivity index (χ4v) is 3.59. The van der Waals surface area contributed by atoms with Gasteiger partial charge in [0.25, 0.3) is 0 Å². The molecule has 8 heteroatoms. The van der Waals surface area contributed by atoms with Crippen molar-refractivity contribution < 1.29 is 9.53 Å². The summed E-state index contributed by atoms with van der Waals surface area (Å²) in [5.74, 6) is 0.758. The maximum Gasteiger partial charge on any atom is 0.407 e. The molecule has 1 aromatic rings. The van der Waals surface area contributed by atoms with Gasteiger partial charge in [0.05, 0.1) is 0 Å². The van der Waals surface area contributed by atoms with Gasteiger partial charge in [-0.2, -0.15) is 0 Å². The van der Waals surface area contributed by atoms with Gasteiger partial charge in [-0.3, -0.25) is 9.89 Å². The molecule has 0 saturated carbocycles. The summed E-state index contributed by atoms with van der Waals surface area (Å²) in [6.07, 6.45) is 0.396. The first-order chi connectivity index (χ1) is 15.3. The van der Waals surface area contributed by atoms with Crippen molar-refractivity contribution in [2.75, 3.05) is 52.9 Å². The van der Waals surface area contributed by atoms with E-state index in [0.29, 0.717) is 13.1 Å². The Hall–Kier alpha value is -2.32. The van der Waals surface area contributed by atoms with Crippen LogP contribution in [0, 0.1) is 0 Å². The number of piperazine rings is 1. The number of nitrogens with one attached hydrogen (secondary N) is 3. The van der Waals surface area contributed by atoms with Gasteiger partial charge in [0.2, 0.25) is 0 Å². The molecule has 0 aromatic heterocycles. The third-order valence-corrected chi connectivity index (χ3v) is 5.41. The summed E-state index contributed by atoms with van der Waals surface area (Å²) in [7, 11) is 1.77. The number of carbonyl (C=O) groups excluding carboxylic acids is 1. The number of amides is 1. The van der Waals surface area contributed by atoms with Gasteiger partial charge in [-0.1, -0.05) is 31.2 Å². The van der Waals surface area contributed by atoms with E-state index in [2.05, 4.69) is 61.9 Å². The Morgan fingerprint density at radius 1 is 1.00 bits per heavy atom. The van der Waals surface area contributed by atoms with Crippen LogP contribution in [0.15, 0.2) is 29.3 Å². The SMILES string of the molecule is CCN1CCN(Cc2ccccc2CNC(=NC)NCCCNC(=O)OC(C)(C)C)CC1. The summed E-state index contributed by atoms with van der Waals surface area (Å²) >= 11 is 0. The molecule has 2 rings (SSSR count). The number of hydrogen-bond donors (Lipinski definition) is 3. The first kappa shape index (κ1) is 25.9. The van der Waals surface area contributed by atoms with Gasteiger partial charge in [0, 0.05) is 59.4 Å². The summed E-state index contributed by atoms with van der Waals surface area (Å²) in [4.78, 5) is 21.0. The Balaban J connectivity index is 1.72. The van der Waals surface area contributed by atoms with Crippen molar-refractivity contribution in [1.82, 2.24) is 25.8 Å². The van der Waals surface area contributed by atoms with Crippen LogP contribution in [0.1, 0.15) is 45.2 Å². The fourth-order valence-electron chi connectivity index (χ4n) is 3.59. The number of rotatable bonds is 9. The van der Waals surface area contributed by atoms with E-state index in [0.717, 1.165) is 58.2 Å². The Bertz CT molecular complexity index is 723. The number of guanidine groups is 1. The lowest BCUT2D eigenvalue weighted by Crippen LogP contribution is -2.45. The van der Waals surface area contributed by atoms with Crippen molar-refractivity contribution in [1.29, 1.82) is 0 Å². The summed E-state index contributed by atoms with van der Waals surface area (Å²) in [6, 6.07) is 8.62. The van der Waals surface area contributed by atoms with Crippen molar-refractivity contribution in [3.63, 3.8) is 0 Å². The monoisotopic (exact) mass is 446 g/mol. The summed E-state index contributed by atoms with van der Waals surface area (Å²) in [5.41, 5.74) is 2.18. The van der Waals surface area contributed by atoms with E-state index in [1.807, 2.05) is 20.8 Å². The molecule has 1 aromatic carbocycles. The summed E-state index contributed by atoms with van der Waals surface area (Å²) in [5, 5.41) is 9.49. The lowest BCUT2D eigenvalue weighted by molar-refractivity contribution is 0.0527. The smallest absolute Gasteiger partial charge is 0.407 e. The molecule has 8 nitrogen and oxygen atoms in total. The fraction of sp³-hybridized carbons (Fsp3) is 0.667. The standard InChI is InChI=1S/C24H42N6O2/c1-6-29-14-16-30(17-15-29)19-21-11-8-7-10-20(21)18-28-22(25-5)26-12-9-13-27-23(31)32-24(2,3)4/h7-8,10-11H,6,9,12-19H2,1-5H3,(H,27,31)(H2,25,26,28). The summed E-state index contributed by atoms with van der Waals surface area (Å²) in [6.45, 7) is 16.4. The number of ether oxygens (including phenoxy) is 1. The van der Waals surface area contributed by atoms with Crippen LogP contribution in [-0.2, 0) is 17.8 Å². The van der Waals surface area contributed by atoms with Crippen LogP contribution in [0.4, 0.5) is 4.79 Å². The van der Waals surface area contributed by atoms with Gasteiger partial charge in [-0.05, 0) is 44.9 Å². The minimum absolute atomic E-state index is 0.382. The van der Waals surface area contributed by atoms with Crippen LogP contribution in [0.25, 0.3) is 0 Å². The molecule has 1 aliphatic rings. The molecule has 0 unspecified atom stereocenters. The second-order valence-electron chi connectivity index (χ2n) is 9.11. The van der Waals surface area contributed by atoms with E-state index in [1.54, 1.807) is 7.05 Å². The van der Waals surface area contributed by atoms with Gasteiger partial charge < -0.3 is 25.6 Å². The number of alkyl carbamates (subject to hydrolysis) is 1. The maximum atomic E-state index is 11.7. The largest absolute Gasteiger partial charge is 0.444 e. The topological polar surface area (TPSA) is 81.2 Å². The molecule has 0 spiro atoms. The molecule has 3 N–H and O–H groups in total. The van der Waals surface area contributed by atoms with Crippen molar-refractivity contribution in [2.45, 2.75) is 52.8 Å². The zero-order valence-corrected chi connectivity index (χ0v) is 20.5. The van der Waals surface area contributed by atoms with Crippen LogP contribution in [0.5, 0.6) is 0 Å². The highest BCUT2D eigenvalue weighted by Crippen LogP contribution is 2.13. The van der Waals surface area contributed by atoms with Gasteiger partial charge in [0.15, 0.2) is 5.96 Å². The molecule has 1 heterocycles. The van der Waals surface area contributed by atoms with Crippen molar-refractivity contribution >= 4 is 12.1 Å². The predicted molar refractivity (Wildman–Crippen MR) is 131 cm³/mol. The number of aliphatic imine (C=N–C) groups is 1. The number of hydrogen-bond acceptors (Lipinski definition) is 5. The quantitative estimate of drug-likeness (QED) is 0.307. The highest BCUT2D eigenvalue weighted by Gasteiger charge is 2.17. The average molecular weight is 447 g/mol. The molecule has 1 amide bonds. The molecule has 1 aliphatic heterocycles. The van der Waals surface area contributed by atoms with E-state index in [9.17, 15) is 4.79 Å². The zero-order chi connectivity index (χ0) is 23.4. The number of benzene rings is 1. The number of nitrogens with zero attached hydrogens (tertiary/aromatic N) is 3. The molecular formula is C24H42N6O2. The molecule has 0 radical (unpaired) electrons. The minimum Gasteiger partial charge on any atom is -0.444 e. The molecule has 0 aliphatic carbocycles. The first-order valence-electron chi connectivity index (χ1n) is 11.7. The average Bonchev–Trinajstić information content (AvgIpc) is 2.76. The van der Waals surface area contributed by atoms with E-state index in [1.165, 1.54) is 11.1 Å². The number of likely N-dealkylation sites (N-methyl/N-ethyl adjacent to an activating group) is 1. The number of carbonyl (C=O) groups is 1. The minimum atomic E-state index is -0.478. The summed E-state index contributed by atoms with van der Waals surface area (Å²) < 4.78 is 5.24. The van der Waals surface area contributed by atoms with Gasteiger partial charge in [0.1, 0.15) is 5.60 Å². The molecule has 0 bridgehead atoms. The first-order valence-corrected chi connectivity index (χ1v) is 11.7. The Labute approximate surface area is 193 Å². The van der Waals surface area contributed by atoms with E-state index in [-0.39, 0.29) is 6.09 Å². The maximum absolute atomic E-state index is 11.7. The molecular weight excluding hydrogens is 404 g/mol. The van der Waals surface area contributed by atoms with Crippen LogP contribution in [-0.4, -0.2) is 80.3 Å². The third kappa shape index (κ3) is 9.87. The van der Waals surface area contributed by atoms with Crippen LogP contribution in [0.2, 0.25) is 0 Å². The zero-order valence-electron chi connectivity index (χ0n) is 20.5. The molecule has 32 heavy (non-hydrogen) atoms. The van der Waals surface area contributed by atoms with Gasteiger partial charge in [-0.25, -0.2) is 4.79 Å².